The molecule has 0 spiro atoms. The van der Waals surface area contributed by atoms with Crippen molar-refractivity contribution in [2.45, 2.75) is 26.8 Å². The maximum Gasteiger partial charge on any atom is 0.191 e. The fourth-order valence-corrected chi connectivity index (χ4v) is 2.40. The van der Waals surface area contributed by atoms with Crippen molar-refractivity contribution in [2.75, 3.05) is 25.1 Å². The van der Waals surface area contributed by atoms with Crippen LogP contribution in [0.25, 0.3) is 0 Å². The highest BCUT2D eigenvalue weighted by Gasteiger charge is 2.00. The van der Waals surface area contributed by atoms with E-state index in [1.165, 1.54) is 5.01 Å². The molecular formula is C12H22N4S2. The smallest absolute Gasteiger partial charge is 0.191 e. The lowest BCUT2D eigenvalue weighted by molar-refractivity contribution is 0.837. The van der Waals surface area contributed by atoms with Crippen molar-refractivity contribution in [3.63, 3.8) is 0 Å². The van der Waals surface area contributed by atoms with E-state index in [1.54, 1.807) is 11.3 Å². The Morgan fingerprint density at radius 2 is 2.28 bits per heavy atom. The van der Waals surface area contributed by atoms with E-state index < -0.39 is 0 Å². The van der Waals surface area contributed by atoms with E-state index in [1.807, 2.05) is 11.8 Å². The Morgan fingerprint density at radius 1 is 1.44 bits per heavy atom. The normalized spacial score (nSPS) is 11.6. The van der Waals surface area contributed by atoms with Crippen LogP contribution in [-0.4, -0.2) is 36.0 Å². The van der Waals surface area contributed by atoms with Gasteiger partial charge in [0.05, 0.1) is 17.2 Å². The SMILES string of the molecule is CCNC(=NCc1csc(CC)n1)NCCSC. The van der Waals surface area contributed by atoms with Crippen LogP contribution in [0.15, 0.2) is 10.4 Å². The maximum absolute atomic E-state index is 4.53. The number of rotatable bonds is 7. The predicted molar refractivity (Wildman–Crippen MR) is 82.7 cm³/mol. The molecule has 0 unspecified atom stereocenters. The largest absolute Gasteiger partial charge is 0.357 e. The molecule has 102 valence electrons. The number of nitrogens with zero attached hydrogens (tertiary/aromatic N) is 2. The number of guanidine groups is 1. The Bertz CT molecular complexity index is 363. The molecule has 18 heavy (non-hydrogen) atoms. The van der Waals surface area contributed by atoms with Gasteiger partial charge >= 0.3 is 0 Å². The van der Waals surface area contributed by atoms with Crippen molar-refractivity contribution >= 4 is 29.1 Å². The van der Waals surface area contributed by atoms with Crippen LogP contribution < -0.4 is 10.6 Å². The molecule has 1 heterocycles. The van der Waals surface area contributed by atoms with E-state index >= 15 is 0 Å². The Hall–Kier alpha value is -0.750. The average Bonchev–Trinajstić information content (AvgIpc) is 2.84. The van der Waals surface area contributed by atoms with Crippen molar-refractivity contribution < 1.29 is 0 Å². The van der Waals surface area contributed by atoms with Gasteiger partial charge in [-0.05, 0) is 19.6 Å². The number of aliphatic imine (C=N–C) groups is 1. The lowest BCUT2D eigenvalue weighted by atomic mass is 10.5. The van der Waals surface area contributed by atoms with Crippen LogP contribution in [0.3, 0.4) is 0 Å². The van der Waals surface area contributed by atoms with Gasteiger partial charge in [-0.25, -0.2) is 9.98 Å². The Kier molecular flexibility index (Phi) is 7.84. The van der Waals surface area contributed by atoms with Gasteiger partial charge in [-0.15, -0.1) is 11.3 Å². The summed E-state index contributed by atoms with van der Waals surface area (Å²) in [5, 5.41) is 9.82. The van der Waals surface area contributed by atoms with E-state index in [4.69, 9.17) is 0 Å². The van der Waals surface area contributed by atoms with Gasteiger partial charge in [-0.1, -0.05) is 6.92 Å². The number of thiazole rings is 1. The van der Waals surface area contributed by atoms with E-state index in [9.17, 15) is 0 Å². The van der Waals surface area contributed by atoms with Crippen molar-refractivity contribution in [3.05, 3.63) is 16.1 Å². The molecule has 0 radical (unpaired) electrons. The predicted octanol–water partition coefficient (Wildman–Crippen LogP) is 2.12. The van der Waals surface area contributed by atoms with E-state index in [2.05, 4.69) is 46.1 Å². The first-order valence-corrected chi connectivity index (χ1v) is 8.51. The lowest BCUT2D eigenvalue weighted by Gasteiger charge is -2.09. The van der Waals surface area contributed by atoms with Gasteiger partial charge < -0.3 is 10.6 Å². The first kappa shape index (κ1) is 15.3. The maximum atomic E-state index is 4.53. The first-order valence-electron chi connectivity index (χ1n) is 6.24. The number of aromatic nitrogens is 1. The van der Waals surface area contributed by atoms with Crippen molar-refractivity contribution in [1.82, 2.24) is 15.6 Å². The third kappa shape index (κ3) is 5.73. The van der Waals surface area contributed by atoms with Crippen LogP contribution >= 0.6 is 23.1 Å². The van der Waals surface area contributed by atoms with Gasteiger partial charge in [0.15, 0.2) is 5.96 Å². The molecule has 2 N–H and O–H groups in total. The Morgan fingerprint density at radius 3 is 2.89 bits per heavy atom. The van der Waals surface area contributed by atoms with E-state index in [-0.39, 0.29) is 0 Å². The molecule has 6 heteroatoms. The van der Waals surface area contributed by atoms with Crippen LogP contribution in [-0.2, 0) is 13.0 Å². The van der Waals surface area contributed by atoms with Crippen LogP contribution in [0.4, 0.5) is 0 Å². The van der Waals surface area contributed by atoms with Crippen molar-refractivity contribution in [1.29, 1.82) is 0 Å². The minimum Gasteiger partial charge on any atom is -0.357 e. The quantitative estimate of drug-likeness (QED) is 0.458. The highest BCUT2D eigenvalue weighted by molar-refractivity contribution is 7.98. The number of hydrogen-bond acceptors (Lipinski definition) is 4. The summed E-state index contributed by atoms with van der Waals surface area (Å²) in [6.07, 6.45) is 3.10. The van der Waals surface area contributed by atoms with Gasteiger partial charge in [-0.3, -0.25) is 0 Å². The topological polar surface area (TPSA) is 49.3 Å². The molecule has 0 aromatic carbocycles. The van der Waals surface area contributed by atoms with Crippen LogP contribution in [0, 0.1) is 0 Å². The molecule has 0 aliphatic carbocycles. The minimum atomic E-state index is 0.644. The highest BCUT2D eigenvalue weighted by atomic mass is 32.2. The van der Waals surface area contributed by atoms with E-state index in [0.29, 0.717) is 6.54 Å². The second kappa shape index (κ2) is 9.22. The van der Waals surface area contributed by atoms with Crippen LogP contribution in [0.2, 0.25) is 0 Å². The zero-order valence-electron chi connectivity index (χ0n) is 11.3. The molecule has 1 aromatic heterocycles. The summed E-state index contributed by atoms with van der Waals surface area (Å²) >= 11 is 3.54. The van der Waals surface area contributed by atoms with Crippen LogP contribution in [0.1, 0.15) is 24.5 Å². The number of thioether (sulfide) groups is 1. The molecule has 0 saturated heterocycles. The first-order chi connectivity index (χ1) is 8.80. The fraction of sp³-hybridized carbons (Fsp3) is 0.667. The molecule has 0 aliphatic heterocycles. The zero-order chi connectivity index (χ0) is 13.2. The highest BCUT2D eigenvalue weighted by Crippen LogP contribution is 2.10. The van der Waals surface area contributed by atoms with Gasteiger partial charge in [-0.2, -0.15) is 11.8 Å². The number of hydrogen-bond donors (Lipinski definition) is 2. The summed E-state index contributed by atoms with van der Waals surface area (Å²) in [4.78, 5) is 9.04. The standard InChI is InChI=1S/C12H22N4S2/c1-4-11-16-10(9-18-11)8-15-12(13-5-2)14-6-7-17-3/h9H,4-8H2,1-3H3,(H2,13,14,15). The summed E-state index contributed by atoms with van der Waals surface area (Å²) in [7, 11) is 0. The third-order valence-electron chi connectivity index (χ3n) is 2.24. The summed E-state index contributed by atoms with van der Waals surface area (Å²) in [6.45, 7) is 6.65. The second-order valence-electron chi connectivity index (χ2n) is 3.70. The molecule has 0 amide bonds. The van der Waals surface area contributed by atoms with Crippen molar-refractivity contribution in [3.8, 4) is 0 Å². The van der Waals surface area contributed by atoms with Gasteiger partial charge in [0, 0.05) is 24.2 Å². The Balaban J connectivity index is 2.47. The summed E-state index contributed by atoms with van der Waals surface area (Å²) in [6, 6.07) is 0. The molecule has 1 rings (SSSR count). The lowest BCUT2D eigenvalue weighted by Crippen LogP contribution is -2.38. The molecule has 1 aromatic rings. The zero-order valence-corrected chi connectivity index (χ0v) is 13.0. The van der Waals surface area contributed by atoms with E-state index in [0.717, 1.165) is 36.9 Å². The number of nitrogens with one attached hydrogen (secondary N) is 2. The molecule has 0 bridgehead atoms. The average molecular weight is 286 g/mol. The molecular weight excluding hydrogens is 264 g/mol. The molecule has 0 fully saturated rings. The fourth-order valence-electron chi connectivity index (χ4n) is 1.36. The molecule has 0 aliphatic rings. The second-order valence-corrected chi connectivity index (χ2v) is 5.63. The monoisotopic (exact) mass is 286 g/mol. The minimum absolute atomic E-state index is 0.644. The van der Waals surface area contributed by atoms with Gasteiger partial charge in [0.25, 0.3) is 0 Å². The molecule has 0 atom stereocenters. The van der Waals surface area contributed by atoms with Gasteiger partial charge in [0.2, 0.25) is 0 Å². The summed E-state index contributed by atoms with van der Waals surface area (Å²) in [5.41, 5.74) is 1.05. The van der Waals surface area contributed by atoms with Crippen molar-refractivity contribution in [2.24, 2.45) is 4.99 Å². The Labute approximate surface area is 118 Å². The molecule has 4 nitrogen and oxygen atoms in total. The summed E-state index contributed by atoms with van der Waals surface area (Å²) in [5.74, 6) is 1.96. The molecule has 0 saturated carbocycles. The van der Waals surface area contributed by atoms with Crippen LogP contribution in [0.5, 0.6) is 0 Å². The van der Waals surface area contributed by atoms with Gasteiger partial charge in [0.1, 0.15) is 0 Å². The summed E-state index contributed by atoms with van der Waals surface area (Å²) < 4.78 is 0. The third-order valence-corrected chi connectivity index (χ3v) is 3.90. The number of aryl methyl sites for hydroxylation is 1.